The van der Waals surface area contributed by atoms with Gasteiger partial charge in [-0.15, -0.1) is 0 Å². The number of carbonyl (C=O) groups excluding carboxylic acids is 1. The van der Waals surface area contributed by atoms with E-state index in [-0.39, 0.29) is 5.91 Å². The molecule has 6 nitrogen and oxygen atoms in total. The largest absolute Gasteiger partial charge is 0.417 e. The first kappa shape index (κ1) is 29.6. The molecule has 0 unspecified atom stereocenters. The number of aromatic nitrogens is 1. The van der Waals surface area contributed by atoms with Gasteiger partial charge in [-0.2, -0.15) is 4.98 Å². The van der Waals surface area contributed by atoms with Crippen LogP contribution >= 0.6 is 31.2 Å². The SMILES string of the molecule is O=C1C(=Cc2nc([P+](c3ccccc3)(c3ccccc3)c3ccccc3)c(N3CCOCC3)o2)SC(=S)N1Cc1ccccc1. The number of oxazole rings is 1. The molecule has 2 aliphatic rings. The number of amides is 1. The molecule has 1 amide bonds. The van der Waals surface area contributed by atoms with Gasteiger partial charge in [0.1, 0.15) is 20.2 Å². The summed E-state index contributed by atoms with van der Waals surface area (Å²) in [6.07, 6.45) is 1.76. The standard InChI is InChI=1S/C36H31N3O3PS2/c40-34-31(45-36(44)39(34)26-27-13-5-1-6-14-27)25-32-37-33(35(42-32)38-21-23-41-24-22-38)43(28-15-7-2-8-16-28,29-17-9-3-10-18-29)30-19-11-4-12-20-30/h1-20,25H,21-24,26H2/q+1. The first-order valence-electron chi connectivity index (χ1n) is 14.8. The van der Waals surface area contributed by atoms with Crippen LogP contribution in [-0.4, -0.2) is 46.4 Å². The summed E-state index contributed by atoms with van der Waals surface area (Å²) in [5.74, 6) is 0.963. The van der Waals surface area contributed by atoms with E-state index in [1.165, 1.54) is 27.7 Å². The number of benzene rings is 4. The van der Waals surface area contributed by atoms with E-state index in [1.807, 2.05) is 48.5 Å². The third kappa shape index (κ3) is 5.75. The topological polar surface area (TPSA) is 58.8 Å². The lowest BCUT2D eigenvalue weighted by Crippen LogP contribution is -2.44. The number of nitrogens with zero attached hydrogens (tertiary/aromatic N) is 3. The van der Waals surface area contributed by atoms with Crippen LogP contribution in [0, 0.1) is 0 Å². The summed E-state index contributed by atoms with van der Waals surface area (Å²) in [4.78, 5) is 23.3. The van der Waals surface area contributed by atoms with Crippen molar-refractivity contribution in [3.05, 3.63) is 138 Å². The number of rotatable bonds is 8. The molecule has 0 saturated carbocycles. The summed E-state index contributed by atoms with van der Waals surface area (Å²) in [6.45, 7) is 2.98. The average molecular weight is 649 g/mol. The zero-order valence-corrected chi connectivity index (χ0v) is 27.0. The van der Waals surface area contributed by atoms with Crippen LogP contribution in [0.2, 0.25) is 0 Å². The van der Waals surface area contributed by atoms with Gasteiger partial charge in [-0.1, -0.05) is 109 Å². The summed E-state index contributed by atoms with van der Waals surface area (Å²) < 4.78 is 13.0. The summed E-state index contributed by atoms with van der Waals surface area (Å²) in [6, 6.07) is 41.7. The highest BCUT2D eigenvalue weighted by molar-refractivity contribution is 8.26. The molecule has 0 spiro atoms. The smallest absolute Gasteiger partial charge is 0.266 e. The van der Waals surface area contributed by atoms with Crippen molar-refractivity contribution in [2.75, 3.05) is 31.2 Å². The number of hydrogen-bond acceptors (Lipinski definition) is 7. The molecule has 5 aromatic rings. The quantitative estimate of drug-likeness (QED) is 0.125. The molecule has 7 rings (SSSR count). The van der Waals surface area contributed by atoms with Crippen molar-refractivity contribution in [1.82, 2.24) is 9.88 Å². The van der Waals surface area contributed by atoms with Gasteiger partial charge >= 0.3 is 0 Å². The van der Waals surface area contributed by atoms with Crippen LogP contribution in [-0.2, 0) is 16.1 Å². The van der Waals surface area contributed by atoms with E-state index in [9.17, 15) is 4.79 Å². The minimum absolute atomic E-state index is 0.142. The Morgan fingerprint density at radius 2 is 1.29 bits per heavy atom. The Kier molecular flexibility index (Phi) is 8.64. The molecule has 4 aromatic carbocycles. The van der Waals surface area contributed by atoms with Gasteiger partial charge in [0.05, 0.1) is 24.7 Å². The fourth-order valence-electron chi connectivity index (χ4n) is 5.86. The van der Waals surface area contributed by atoms with Gasteiger partial charge < -0.3 is 14.1 Å². The highest BCUT2D eigenvalue weighted by Crippen LogP contribution is 2.56. The molecular formula is C36H31N3O3PS2+. The Bertz CT molecular complexity index is 1730. The molecule has 9 heteroatoms. The fourth-order valence-corrected chi connectivity index (χ4v) is 11.3. The molecule has 0 atom stereocenters. The van der Waals surface area contributed by atoms with Gasteiger partial charge in [-0.25, -0.2) is 0 Å². The van der Waals surface area contributed by atoms with Crippen LogP contribution in [0.1, 0.15) is 11.5 Å². The van der Waals surface area contributed by atoms with E-state index < -0.39 is 7.26 Å². The third-order valence-electron chi connectivity index (χ3n) is 7.97. The Hall–Kier alpha value is -4.07. The molecule has 1 aromatic heterocycles. The molecule has 0 aliphatic carbocycles. The van der Waals surface area contributed by atoms with Crippen LogP contribution in [0.25, 0.3) is 6.08 Å². The van der Waals surface area contributed by atoms with Gasteiger partial charge in [0, 0.05) is 19.2 Å². The van der Waals surface area contributed by atoms with E-state index in [4.69, 9.17) is 26.4 Å². The van der Waals surface area contributed by atoms with Crippen LogP contribution in [0.3, 0.4) is 0 Å². The average Bonchev–Trinajstić information content (AvgIpc) is 3.64. The number of thioether (sulfide) groups is 1. The maximum absolute atomic E-state index is 13.6. The third-order valence-corrected chi connectivity index (χ3v) is 13.5. The molecule has 224 valence electrons. The van der Waals surface area contributed by atoms with E-state index in [2.05, 4.69) is 77.7 Å². The molecule has 2 aliphatic heterocycles. The van der Waals surface area contributed by atoms with Crippen LogP contribution < -0.4 is 26.2 Å². The van der Waals surface area contributed by atoms with Crippen molar-refractivity contribution in [3.63, 3.8) is 0 Å². The molecule has 0 radical (unpaired) electrons. The predicted molar refractivity (Wildman–Crippen MR) is 189 cm³/mol. The normalized spacial score (nSPS) is 16.5. The molecule has 0 bridgehead atoms. The van der Waals surface area contributed by atoms with E-state index in [0.717, 1.165) is 11.0 Å². The molecule has 0 N–H and O–H groups in total. The molecule has 45 heavy (non-hydrogen) atoms. The summed E-state index contributed by atoms with van der Waals surface area (Å²) in [5.41, 5.74) is 1.89. The minimum atomic E-state index is -2.56. The van der Waals surface area contributed by atoms with E-state index >= 15 is 0 Å². The van der Waals surface area contributed by atoms with Crippen LogP contribution in [0.15, 0.2) is 131 Å². The van der Waals surface area contributed by atoms with E-state index in [1.54, 1.807) is 11.0 Å². The zero-order chi connectivity index (χ0) is 30.6. The number of carbonyl (C=O) groups is 1. The Morgan fingerprint density at radius 1 is 0.778 bits per heavy atom. The van der Waals surface area contributed by atoms with Crippen molar-refractivity contribution in [1.29, 1.82) is 0 Å². The lowest BCUT2D eigenvalue weighted by Gasteiger charge is -2.30. The van der Waals surface area contributed by atoms with Crippen molar-refractivity contribution >= 4 is 74.8 Å². The highest BCUT2D eigenvalue weighted by atomic mass is 32.2. The van der Waals surface area contributed by atoms with Gasteiger partial charge in [0.15, 0.2) is 7.26 Å². The number of anilines is 1. The number of morpholine rings is 1. The maximum atomic E-state index is 13.6. The molecule has 3 heterocycles. The maximum Gasteiger partial charge on any atom is 0.266 e. The molecule has 2 fully saturated rings. The van der Waals surface area contributed by atoms with Crippen molar-refractivity contribution in [2.24, 2.45) is 0 Å². The second kappa shape index (κ2) is 13.1. The monoisotopic (exact) mass is 648 g/mol. The lowest BCUT2D eigenvalue weighted by atomic mass is 10.2. The van der Waals surface area contributed by atoms with Crippen molar-refractivity contribution < 1.29 is 13.9 Å². The molecule has 2 saturated heterocycles. The van der Waals surface area contributed by atoms with Crippen molar-refractivity contribution in [3.8, 4) is 0 Å². The predicted octanol–water partition coefficient (Wildman–Crippen LogP) is 5.53. The van der Waals surface area contributed by atoms with Gasteiger partial charge in [-0.3, -0.25) is 9.69 Å². The van der Waals surface area contributed by atoms with Crippen molar-refractivity contribution in [2.45, 2.75) is 6.54 Å². The van der Waals surface area contributed by atoms with E-state index in [0.29, 0.717) is 53.8 Å². The highest BCUT2D eigenvalue weighted by Gasteiger charge is 2.53. The summed E-state index contributed by atoms with van der Waals surface area (Å²) in [5, 5.41) is 3.52. The van der Waals surface area contributed by atoms with Crippen LogP contribution in [0.5, 0.6) is 0 Å². The second-order valence-corrected chi connectivity index (χ2v) is 15.7. The second-order valence-electron chi connectivity index (χ2n) is 10.7. The number of thiocarbonyl (C=S) groups is 1. The van der Waals surface area contributed by atoms with Gasteiger partial charge in [0.25, 0.3) is 17.2 Å². The van der Waals surface area contributed by atoms with Crippen LogP contribution in [0.4, 0.5) is 5.88 Å². The number of ether oxygens (including phenoxy) is 1. The fraction of sp³-hybridized carbons (Fsp3) is 0.139. The minimum Gasteiger partial charge on any atom is -0.417 e. The first-order chi connectivity index (χ1) is 22.1. The lowest BCUT2D eigenvalue weighted by molar-refractivity contribution is -0.122. The Labute approximate surface area is 273 Å². The van der Waals surface area contributed by atoms with Gasteiger partial charge in [0.2, 0.25) is 5.89 Å². The summed E-state index contributed by atoms with van der Waals surface area (Å²) in [7, 11) is -2.56. The Morgan fingerprint density at radius 3 is 1.82 bits per heavy atom. The zero-order valence-electron chi connectivity index (χ0n) is 24.5. The molecular weight excluding hydrogens is 618 g/mol. The summed E-state index contributed by atoms with van der Waals surface area (Å²) >= 11 is 6.94. The Balaban J connectivity index is 1.41. The first-order valence-corrected chi connectivity index (χ1v) is 17.9. The van der Waals surface area contributed by atoms with Gasteiger partial charge in [-0.05, 0) is 42.0 Å². The number of hydrogen-bond donors (Lipinski definition) is 0.